The first-order valence-electron chi connectivity index (χ1n) is 7.88. The van der Waals surface area contributed by atoms with Gasteiger partial charge in [-0.2, -0.15) is 14.6 Å². The van der Waals surface area contributed by atoms with Gasteiger partial charge in [-0.1, -0.05) is 0 Å². The SMILES string of the molecule is Fc1ccc(SNC[C@H]2CCCN2c2ccnc3ncnn23)cc1. The van der Waals surface area contributed by atoms with E-state index in [1.54, 1.807) is 22.8 Å². The molecule has 2 aromatic heterocycles. The van der Waals surface area contributed by atoms with E-state index < -0.39 is 0 Å². The van der Waals surface area contributed by atoms with Crippen LogP contribution in [-0.2, 0) is 0 Å². The van der Waals surface area contributed by atoms with Crippen molar-refractivity contribution in [1.82, 2.24) is 24.3 Å². The highest BCUT2D eigenvalue weighted by molar-refractivity contribution is 7.97. The van der Waals surface area contributed by atoms with Gasteiger partial charge in [0.05, 0.1) is 0 Å². The standard InChI is InChI=1S/C16H17FN6S/c17-12-3-5-14(6-4-12)24-21-10-13-2-1-9-22(13)15-7-8-18-16-19-11-20-23(15)16/h3-8,11,13,21H,1-2,9-10H2/t13-/m1/s1. The molecule has 6 nitrogen and oxygen atoms in total. The Labute approximate surface area is 143 Å². The monoisotopic (exact) mass is 344 g/mol. The van der Waals surface area contributed by atoms with E-state index in [-0.39, 0.29) is 5.82 Å². The van der Waals surface area contributed by atoms with E-state index in [0.717, 1.165) is 36.6 Å². The molecule has 0 amide bonds. The third-order valence-electron chi connectivity index (χ3n) is 4.15. The van der Waals surface area contributed by atoms with E-state index in [1.165, 1.54) is 30.4 Å². The van der Waals surface area contributed by atoms with Crippen LogP contribution in [0.25, 0.3) is 5.78 Å². The lowest BCUT2D eigenvalue weighted by molar-refractivity contribution is 0.626. The molecule has 0 saturated carbocycles. The first-order chi connectivity index (χ1) is 11.8. The van der Waals surface area contributed by atoms with Crippen LogP contribution < -0.4 is 9.62 Å². The van der Waals surface area contributed by atoms with Crippen LogP contribution in [0.5, 0.6) is 0 Å². The number of benzene rings is 1. The summed E-state index contributed by atoms with van der Waals surface area (Å²) in [6.07, 6.45) is 5.57. The number of nitrogens with zero attached hydrogens (tertiary/aromatic N) is 5. The lowest BCUT2D eigenvalue weighted by Gasteiger charge is -2.26. The van der Waals surface area contributed by atoms with Crippen LogP contribution in [0.4, 0.5) is 10.2 Å². The molecule has 0 radical (unpaired) electrons. The van der Waals surface area contributed by atoms with Crippen molar-refractivity contribution >= 4 is 23.5 Å². The average molecular weight is 344 g/mol. The van der Waals surface area contributed by atoms with Gasteiger partial charge in [0.2, 0.25) is 0 Å². The smallest absolute Gasteiger partial charge is 0.254 e. The van der Waals surface area contributed by atoms with Crippen LogP contribution in [0.1, 0.15) is 12.8 Å². The molecule has 24 heavy (non-hydrogen) atoms. The number of hydrogen-bond acceptors (Lipinski definition) is 6. The number of rotatable bonds is 5. The third-order valence-corrected chi connectivity index (χ3v) is 4.97. The Morgan fingerprint density at radius 1 is 1.21 bits per heavy atom. The van der Waals surface area contributed by atoms with Crippen molar-refractivity contribution in [2.24, 2.45) is 0 Å². The lowest BCUT2D eigenvalue weighted by Crippen LogP contribution is -2.37. The predicted octanol–water partition coefficient (Wildman–Crippen LogP) is 2.53. The van der Waals surface area contributed by atoms with Crippen LogP contribution in [0.3, 0.4) is 0 Å². The van der Waals surface area contributed by atoms with Crippen LogP contribution in [0.2, 0.25) is 0 Å². The van der Waals surface area contributed by atoms with Crippen LogP contribution in [-0.4, -0.2) is 38.7 Å². The minimum absolute atomic E-state index is 0.212. The molecule has 0 aliphatic carbocycles. The van der Waals surface area contributed by atoms with Crippen LogP contribution >= 0.6 is 11.9 Å². The molecule has 0 bridgehead atoms. The Kier molecular flexibility index (Phi) is 4.31. The van der Waals surface area contributed by atoms with E-state index in [9.17, 15) is 4.39 Å². The highest BCUT2D eigenvalue weighted by atomic mass is 32.2. The fourth-order valence-corrected chi connectivity index (χ4v) is 3.73. The van der Waals surface area contributed by atoms with Gasteiger partial charge >= 0.3 is 0 Å². The summed E-state index contributed by atoms with van der Waals surface area (Å²) in [6.45, 7) is 1.83. The van der Waals surface area contributed by atoms with Crippen molar-refractivity contribution in [1.29, 1.82) is 0 Å². The number of halogens is 1. The van der Waals surface area contributed by atoms with Gasteiger partial charge in [-0.15, -0.1) is 0 Å². The van der Waals surface area contributed by atoms with E-state index in [0.29, 0.717) is 11.8 Å². The summed E-state index contributed by atoms with van der Waals surface area (Å²) in [5.41, 5.74) is 0. The minimum atomic E-state index is -0.212. The molecule has 0 spiro atoms. The fraction of sp³-hybridized carbons (Fsp3) is 0.312. The maximum absolute atomic E-state index is 12.9. The molecule has 4 rings (SSSR count). The number of aromatic nitrogens is 4. The predicted molar refractivity (Wildman–Crippen MR) is 91.4 cm³/mol. The molecule has 1 aromatic carbocycles. The zero-order valence-corrected chi connectivity index (χ0v) is 13.8. The molecule has 1 aliphatic heterocycles. The summed E-state index contributed by atoms with van der Waals surface area (Å²) >= 11 is 1.53. The third kappa shape index (κ3) is 3.07. The average Bonchev–Trinajstić information content (AvgIpc) is 3.25. The molecular weight excluding hydrogens is 327 g/mol. The van der Waals surface area contributed by atoms with Gasteiger partial charge in [0.25, 0.3) is 5.78 Å². The maximum atomic E-state index is 12.9. The molecule has 1 saturated heterocycles. The van der Waals surface area contributed by atoms with Gasteiger partial charge in [-0.3, -0.25) is 4.72 Å². The molecule has 124 valence electrons. The van der Waals surface area contributed by atoms with E-state index >= 15 is 0 Å². The highest BCUT2D eigenvalue weighted by Gasteiger charge is 2.26. The Hall–Kier alpha value is -2.19. The van der Waals surface area contributed by atoms with Crippen LogP contribution in [0.15, 0.2) is 47.8 Å². The maximum Gasteiger partial charge on any atom is 0.254 e. The number of nitrogens with one attached hydrogen (secondary N) is 1. The first kappa shape index (κ1) is 15.3. The van der Waals surface area contributed by atoms with Gasteiger partial charge in [0, 0.05) is 30.2 Å². The fourth-order valence-electron chi connectivity index (χ4n) is 3.02. The molecule has 1 atom stereocenters. The number of anilines is 1. The Morgan fingerprint density at radius 3 is 2.96 bits per heavy atom. The molecular formula is C16H17FN6S. The van der Waals surface area contributed by atoms with E-state index in [1.807, 2.05) is 6.07 Å². The molecule has 1 N–H and O–H groups in total. The number of fused-ring (bicyclic) bond motifs is 1. The summed E-state index contributed by atoms with van der Waals surface area (Å²) in [7, 11) is 0. The molecule has 8 heteroatoms. The second-order valence-corrected chi connectivity index (χ2v) is 6.63. The van der Waals surface area contributed by atoms with Crippen molar-refractivity contribution in [3.8, 4) is 0 Å². The Bertz CT molecular complexity index is 821. The molecule has 1 aliphatic rings. The largest absolute Gasteiger partial charge is 0.352 e. The second-order valence-electron chi connectivity index (χ2n) is 5.67. The first-order valence-corrected chi connectivity index (χ1v) is 8.69. The Morgan fingerprint density at radius 2 is 2.08 bits per heavy atom. The summed E-state index contributed by atoms with van der Waals surface area (Å²) < 4.78 is 18.1. The van der Waals surface area contributed by atoms with Crippen molar-refractivity contribution in [3.05, 3.63) is 48.7 Å². The van der Waals surface area contributed by atoms with Gasteiger partial charge in [0.1, 0.15) is 18.0 Å². The lowest BCUT2D eigenvalue weighted by atomic mass is 10.2. The topological polar surface area (TPSA) is 58.3 Å². The molecule has 0 unspecified atom stereocenters. The summed E-state index contributed by atoms with van der Waals surface area (Å²) in [5.74, 6) is 1.43. The van der Waals surface area contributed by atoms with Crippen molar-refractivity contribution in [2.75, 3.05) is 18.0 Å². The summed E-state index contributed by atoms with van der Waals surface area (Å²) in [6, 6.07) is 8.87. The summed E-state index contributed by atoms with van der Waals surface area (Å²) in [4.78, 5) is 11.7. The number of hydrogen-bond donors (Lipinski definition) is 1. The Balaban J connectivity index is 1.43. The van der Waals surface area contributed by atoms with Crippen molar-refractivity contribution < 1.29 is 4.39 Å². The quantitative estimate of drug-likeness (QED) is 0.718. The molecule has 3 aromatic rings. The van der Waals surface area contributed by atoms with Crippen LogP contribution in [0, 0.1) is 5.82 Å². The second kappa shape index (κ2) is 6.74. The van der Waals surface area contributed by atoms with E-state index in [2.05, 4.69) is 24.7 Å². The van der Waals surface area contributed by atoms with Gasteiger partial charge in [-0.05, 0) is 55.1 Å². The zero-order valence-electron chi connectivity index (χ0n) is 13.0. The molecule has 3 heterocycles. The summed E-state index contributed by atoms with van der Waals surface area (Å²) in [5, 5.41) is 4.27. The highest BCUT2D eigenvalue weighted by Crippen LogP contribution is 2.25. The van der Waals surface area contributed by atoms with Crippen molar-refractivity contribution in [2.45, 2.75) is 23.8 Å². The zero-order chi connectivity index (χ0) is 16.4. The van der Waals surface area contributed by atoms with Crippen molar-refractivity contribution in [3.63, 3.8) is 0 Å². The van der Waals surface area contributed by atoms with Gasteiger partial charge in [-0.25, -0.2) is 9.37 Å². The minimum Gasteiger partial charge on any atom is -0.352 e. The normalized spacial score (nSPS) is 17.7. The van der Waals surface area contributed by atoms with Gasteiger partial charge < -0.3 is 4.90 Å². The molecule has 1 fully saturated rings. The van der Waals surface area contributed by atoms with E-state index in [4.69, 9.17) is 0 Å². The van der Waals surface area contributed by atoms with Gasteiger partial charge in [0.15, 0.2) is 0 Å².